The maximum atomic E-state index is 12.3. The molecule has 1 aromatic rings. The van der Waals surface area contributed by atoms with Crippen LogP contribution in [0.2, 0.25) is 0 Å². The fourth-order valence-corrected chi connectivity index (χ4v) is 1.41. The average Bonchev–Trinajstić information content (AvgIpc) is 2.34. The Balaban J connectivity index is 2.43. The third-order valence-electron chi connectivity index (χ3n) is 2.39. The highest BCUT2D eigenvalue weighted by Crippen LogP contribution is 2.30. The monoisotopic (exact) mass is 276 g/mol. The van der Waals surface area contributed by atoms with Crippen molar-refractivity contribution in [2.24, 2.45) is 0 Å². The second-order valence-corrected chi connectivity index (χ2v) is 3.95. The van der Waals surface area contributed by atoms with Crippen molar-refractivity contribution < 1.29 is 27.4 Å². The van der Waals surface area contributed by atoms with Gasteiger partial charge in [0.05, 0.1) is 5.56 Å². The van der Waals surface area contributed by atoms with Crippen molar-refractivity contribution in [1.82, 2.24) is 0 Å². The Labute approximate surface area is 109 Å². The third kappa shape index (κ3) is 5.74. The smallest absolute Gasteiger partial charge is 0.416 e. The van der Waals surface area contributed by atoms with E-state index in [-0.39, 0.29) is 12.2 Å². The van der Waals surface area contributed by atoms with Crippen LogP contribution in [0.25, 0.3) is 0 Å². The van der Waals surface area contributed by atoms with E-state index in [9.17, 15) is 18.0 Å². The van der Waals surface area contributed by atoms with Crippen molar-refractivity contribution in [3.63, 3.8) is 0 Å². The lowest BCUT2D eigenvalue weighted by molar-refractivity contribution is -0.137. The maximum absolute atomic E-state index is 12.3. The molecule has 19 heavy (non-hydrogen) atoms. The van der Waals surface area contributed by atoms with E-state index in [0.717, 1.165) is 30.7 Å². The first kappa shape index (κ1) is 15.5. The summed E-state index contributed by atoms with van der Waals surface area (Å²) < 4.78 is 46.6. The van der Waals surface area contributed by atoms with Crippen molar-refractivity contribution in [1.29, 1.82) is 0 Å². The summed E-state index contributed by atoms with van der Waals surface area (Å²) in [5.74, 6) is -0.347. The van der Waals surface area contributed by atoms with Gasteiger partial charge in [0, 0.05) is 20.1 Å². The van der Waals surface area contributed by atoms with Gasteiger partial charge in [0.2, 0.25) is 0 Å². The van der Waals surface area contributed by atoms with Crippen LogP contribution in [0.3, 0.4) is 0 Å². The molecule has 0 fully saturated rings. The lowest BCUT2D eigenvalue weighted by atomic mass is 10.2. The molecule has 106 valence electrons. The summed E-state index contributed by atoms with van der Waals surface area (Å²) in [6.07, 6.45) is -2.82. The topological polar surface area (TPSA) is 35.5 Å². The summed E-state index contributed by atoms with van der Waals surface area (Å²) in [5.41, 5.74) is -0.771. The molecular weight excluding hydrogens is 261 g/mol. The number of hydrogen-bond acceptors (Lipinski definition) is 3. The molecule has 0 radical (unpaired) electrons. The largest absolute Gasteiger partial charge is 0.427 e. The number of unbranched alkanes of at least 4 members (excludes halogenated alkanes) is 1. The van der Waals surface area contributed by atoms with Crippen LogP contribution in [0.1, 0.15) is 24.8 Å². The van der Waals surface area contributed by atoms with Crippen LogP contribution in [-0.4, -0.2) is 19.7 Å². The molecule has 0 unspecified atom stereocenters. The molecule has 0 atom stereocenters. The molecule has 0 heterocycles. The van der Waals surface area contributed by atoms with Crippen LogP contribution < -0.4 is 4.74 Å². The number of hydrogen-bond donors (Lipinski definition) is 0. The van der Waals surface area contributed by atoms with Crippen molar-refractivity contribution in [2.45, 2.75) is 25.4 Å². The van der Waals surface area contributed by atoms with Gasteiger partial charge in [-0.3, -0.25) is 4.79 Å². The van der Waals surface area contributed by atoms with E-state index in [2.05, 4.69) is 0 Å². The molecule has 3 nitrogen and oxygen atoms in total. The SMILES string of the molecule is COCCCCC(=O)Oc1ccc(C(F)(F)F)cc1. The van der Waals surface area contributed by atoms with Crippen molar-refractivity contribution in [3.05, 3.63) is 29.8 Å². The second kappa shape index (κ2) is 7.13. The van der Waals surface area contributed by atoms with Crippen molar-refractivity contribution in [3.8, 4) is 5.75 Å². The fourth-order valence-electron chi connectivity index (χ4n) is 1.41. The number of halogens is 3. The Morgan fingerprint density at radius 2 is 1.79 bits per heavy atom. The molecule has 0 aliphatic carbocycles. The summed E-state index contributed by atoms with van der Waals surface area (Å²) in [7, 11) is 1.57. The van der Waals surface area contributed by atoms with E-state index in [0.29, 0.717) is 13.0 Å². The maximum Gasteiger partial charge on any atom is 0.416 e. The van der Waals surface area contributed by atoms with Gasteiger partial charge < -0.3 is 9.47 Å². The Hall–Kier alpha value is -1.56. The predicted octanol–water partition coefficient (Wildman–Crippen LogP) is 3.43. The molecule has 0 aliphatic heterocycles. The minimum atomic E-state index is -4.39. The summed E-state index contributed by atoms with van der Waals surface area (Å²) in [5, 5.41) is 0. The van der Waals surface area contributed by atoms with Gasteiger partial charge in [-0.2, -0.15) is 13.2 Å². The number of benzene rings is 1. The molecule has 0 aromatic heterocycles. The molecule has 0 bridgehead atoms. The van der Waals surface area contributed by atoms with Gasteiger partial charge in [-0.15, -0.1) is 0 Å². The summed E-state index contributed by atoms with van der Waals surface area (Å²) in [6.45, 7) is 0.563. The first-order chi connectivity index (χ1) is 8.93. The third-order valence-corrected chi connectivity index (χ3v) is 2.39. The zero-order valence-corrected chi connectivity index (χ0v) is 10.5. The Kier molecular flexibility index (Phi) is 5.82. The summed E-state index contributed by atoms with van der Waals surface area (Å²) in [6, 6.07) is 4.03. The quantitative estimate of drug-likeness (QED) is 0.453. The highest BCUT2D eigenvalue weighted by molar-refractivity contribution is 5.72. The standard InChI is InChI=1S/C13H15F3O3/c1-18-9-3-2-4-12(17)19-11-7-5-10(6-8-11)13(14,15)16/h5-8H,2-4,9H2,1H3. The Morgan fingerprint density at radius 1 is 1.16 bits per heavy atom. The van der Waals surface area contributed by atoms with Crippen molar-refractivity contribution in [2.75, 3.05) is 13.7 Å². The van der Waals surface area contributed by atoms with Gasteiger partial charge in [-0.05, 0) is 37.1 Å². The Bertz CT molecular complexity index is 399. The molecule has 0 spiro atoms. The van der Waals surface area contributed by atoms with E-state index in [1.54, 1.807) is 7.11 Å². The number of esters is 1. The van der Waals surface area contributed by atoms with E-state index < -0.39 is 17.7 Å². The molecule has 0 amide bonds. The number of carbonyl (C=O) groups is 1. The first-order valence-electron chi connectivity index (χ1n) is 5.80. The molecule has 0 N–H and O–H groups in total. The van der Waals surface area contributed by atoms with Crippen LogP contribution in [0, 0.1) is 0 Å². The van der Waals surface area contributed by atoms with Gasteiger partial charge in [0.25, 0.3) is 0 Å². The second-order valence-electron chi connectivity index (χ2n) is 3.95. The fraction of sp³-hybridized carbons (Fsp3) is 0.462. The van der Waals surface area contributed by atoms with Crippen LogP contribution in [0.4, 0.5) is 13.2 Å². The van der Waals surface area contributed by atoms with Gasteiger partial charge in [-0.25, -0.2) is 0 Å². The van der Waals surface area contributed by atoms with Gasteiger partial charge in [0.1, 0.15) is 5.75 Å². The zero-order chi connectivity index (χ0) is 14.3. The van der Waals surface area contributed by atoms with Crippen LogP contribution in [-0.2, 0) is 15.7 Å². The minimum absolute atomic E-state index is 0.116. The van der Waals surface area contributed by atoms with E-state index in [4.69, 9.17) is 9.47 Å². The molecular formula is C13H15F3O3. The zero-order valence-electron chi connectivity index (χ0n) is 10.5. The minimum Gasteiger partial charge on any atom is -0.427 e. The molecule has 1 rings (SSSR count). The number of rotatable bonds is 6. The van der Waals surface area contributed by atoms with Gasteiger partial charge in [0.15, 0.2) is 0 Å². The number of ether oxygens (including phenoxy) is 2. The number of carbonyl (C=O) groups excluding carboxylic acids is 1. The summed E-state index contributed by atoms with van der Waals surface area (Å²) >= 11 is 0. The number of methoxy groups -OCH3 is 1. The predicted molar refractivity (Wildman–Crippen MR) is 62.8 cm³/mol. The molecule has 6 heteroatoms. The summed E-state index contributed by atoms with van der Waals surface area (Å²) in [4.78, 5) is 11.4. The highest BCUT2D eigenvalue weighted by atomic mass is 19.4. The van der Waals surface area contributed by atoms with Gasteiger partial charge in [-0.1, -0.05) is 0 Å². The van der Waals surface area contributed by atoms with Crippen LogP contribution in [0.15, 0.2) is 24.3 Å². The Morgan fingerprint density at radius 3 is 2.32 bits per heavy atom. The number of alkyl halides is 3. The van der Waals surface area contributed by atoms with Crippen molar-refractivity contribution >= 4 is 5.97 Å². The molecule has 1 aromatic carbocycles. The molecule has 0 saturated carbocycles. The molecule has 0 saturated heterocycles. The highest BCUT2D eigenvalue weighted by Gasteiger charge is 2.30. The lowest BCUT2D eigenvalue weighted by Crippen LogP contribution is -2.09. The van der Waals surface area contributed by atoms with E-state index >= 15 is 0 Å². The van der Waals surface area contributed by atoms with E-state index in [1.165, 1.54) is 0 Å². The average molecular weight is 276 g/mol. The van der Waals surface area contributed by atoms with Crippen LogP contribution >= 0.6 is 0 Å². The van der Waals surface area contributed by atoms with Crippen LogP contribution in [0.5, 0.6) is 5.75 Å². The normalized spacial score (nSPS) is 11.4. The van der Waals surface area contributed by atoms with Gasteiger partial charge >= 0.3 is 12.1 Å². The first-order valence-corrected chi connectivity index (χ1v) is 5.80. The molecule has 0 aliphatic rings. The lowest BCUT2D eigenvalue weighted by Gasteiger charge is -2.08. The van der Waals surface area contributed by atoms with E-state index in [1.807, 2.05) is 0 Å².